The molecule has 5 heteroatoms. The van der Waals surface area contributed by atoms with Crippen molar-refractivity contribution in [3.8, 4) is 0 Å². The number of hydrogen-bond donors (Lipinski definition) is 0. The number of hydrogen-bond acceptors (Lipinski definition) is 5. The second kappa shape index (κ2) is 58.9. The van der Waals surface area contributed by atoms with E-state index in [9.17, 15) is 9.59 Å². The van der Waals surface area contributed by atoms with Crippen LogP contribution in [0.15, 0.2) is 60.8 Å². The SMILES string of the molecule is CCCCC/C=C\C/C=C\CCCCCCCCCCCC(=O)OC[C@H](COC(=O)CCC/C=C\C/C=C\C/C=C\CCCCCCCC)OCCCCCCCCCCCCCCCCCC. The molecule has 0 rings (SSSR count). The molecule has 0 aliphatic heterocycles. The summed E-state index contributed by atoms with van der Waals surface area (Å²) in [7, 11) is 0. The fourth-order valence-corrected chi connectivity index (χ4v) is 8.53. The highest BCUT2D eigenvalue weighted by molar-refractivity contribution is 5.69. The van der Waals surface area contributed by atoms with Gasteiger partial charge in [-0.25, -0.2) is 0 Å². The molecule has 5 nitrogen and oxygen atoms in total. The van der Waals surface area contributed by atoms with Gasteiger partial charge in [0.15, 0.2) is 0 Å². The molecule has 0 aromatic heterocycles. The molecule has 0 aromatic carbocycles. The minimum absolute atomic E-state index is 0.132. The molecule has 0 bridgehead atoms. The Labute approximate surface area is 424 Å². The molecule has 0 amide bonds. The number of ether oxygens (including phenoxy) is 3. The van der Waals surface area contributed by atoms with Gasteiger partial charge in [-0.3, -0.25) is 9.59 Å². The van der Waals surface area contributed by atoms with Crippen molar-refractivity contribution in [3.05, 3.63) is 60.8 Å². The van der Waals surface area contributed by atoms with E-state index in [-0.39, 0.29) is 25.2 Å². The summed E-state index contributed by atoms with van der Waals surface area (Å²) in [5.41, 5.74) is 0. The van der Waals surface area contributed by atoms with Gasteiger partial charge in [0.1, 0.15) is 19.3 Å². The highest BCUT2D eigenvalue weighted by Crippen LogP contribution is 2.16. The Hall–Kier alpha value is -2.40. The van der Waals surface area contributed by atoms with Crippen LogP contribution in [0.4, 0.5) is 0 Å². The minimum atomic E-state index is -0.422. The normalized spacial score (nSPS) is 12.6. The summed E-state index contributed by atoms with van der Waals surface area (Å²) in [6.07, 6.45) is 75.6. The molecule has 0 aliphatic carbocycles. The molecule has 1 atom stereocenters. The minimum Gasteiger partial charge on any atom is -0.463 e. The topological polar surface area (TPSA) is 61.8 Å². The van der Waals surface area contributed by atoms with Crippen molar-refractivity contribution >= 4 is 11.9 Å². The monoisotopic (exact) mass is 951 g/mol. The van der Waals surface area contributed by atoms with E-state index in [1.54, 1.807) is 0 Å². The van der Waals surface area contributed by atoms with Crippen LogP contribution in [0, 0.1) is 0 Å². The van der Waals surface area contributed by atoms with E-state index in [4.69, 9.17) is 14.2 Å². The Morgan fingerprint density at radius 3 is 0.956 bits per heavy atom. The van der Waals surface area contributed by atoms with Gasteiger partial charge in [-0.1, -0.05) is 268 Å². The maximum Gasteiger partial charge on any atom is 0.305 e. The Kier molecular flexibility index (Phi) is 56.8. The molecule has 0 N–H and O–H groups in total. The number of unbranched alkanes of at least 4 members (excludes halogenated alkanes) is 34. The van der Waals surface area contributed by atoms with E-state index < -0.39 is 6.10 Å². The van der Waals surface area contributed by atoms with Gasteiger partial charge in [0.2, 0.25) is 0 Å². The van der Waals surface area contributed by atoms with Gasteiger partial charge >= 0.3 is 11.9 Å². The van der Waals surface area contributed by atoms with E-state index >= 15 is 0 Å². The Morgan fingerprint density at radius 1 is 0.309 bits per heavy atom. The van der Waals surface area contributed by atoms with Crippen LogP contribution in [-0.4, -0.2) is 37.9 Å². The average Bonchev–Trinajstić information content (AvgIpc) is 3.34. The first-order valence-electron chi connectivity index (χ1n) is 29.8. The lowest BCUT2D eigenvalue weighted by Gasteiger charge is -2.18. The summed E-state index contributed by atoms with van der Waals surface area (Å²) < 4.78 is 17.5. The van der Waals surface area contributed by atoms with Crippen LogP contribution in [-0.2, 0) is 23.8 Å². The van der Waals surface area contributed by atoms with Crippen molar-refractivity contribution in [3.63, 3.8) is 0 Å². The summed E-state index contributed by atoms with van der Waals surface area (Å²) in [5, 5.41) is 0. The summed E-state index contributed by atoms with van der Waals surface area (Å²) in [4.78, 5) is 25.3. The van der Waals surface area contributed by atoms with Crippen LogP contribution in [0.3, 0.4) is 0 Å². The number of esters is 2. The number of carbonyl (C=O) groups excluding carboxylic acids is 2. The summed E-state index contributed by atoms with van der Waals surface area (Å²) in [6, 6.07) is 0. The maximum atomic E-state index is 12.7. The van der Waals surface area contributed by atoms with Gasteiger partial charge in [-0.15, -0.1) is 0 Å². The van der Waals surface area contributed by atoms with Gasteiger partial charge in [0, 0.05) is 19.4 Å². The van der Waals surface area contributed by atoms with Gasteiger partial charge < -0.3 is 14.2 Å². The van der Waals surface area contributed by atoms with Crippen molar-refractivity contribution in [1.82, 2.24) is 0 Å². The van der Waals surface area contributed by atoms with Gasteiger partial charge in [0.05, 0.1) is 0 Å². The molecule has 0 unspecified atom stereocenters. The molecule has 0 radical (unpaired) electrons. The zero-order chi connectivity index (χ0) is 49.2. The van der Waals surface area contributed by atoms with Crippen LogP contribution >= 0.6 is 0 Å². The lowest BCUT2D eigenvalue weighted by Crippen LogP contribution is -2.29. The fraction of sp³-hybridized carbons (Fsp3) is 0.810. The molecule has 0 fully saturated rings. The average molecular weight is 952 g/mol. The molecule has 0 aromatic rings. The number of rotatable bonds is 55. The number of allylic oxidation sites excluding steroid dienone is 10. The number of carbonyl (C=O) groups is 2. The van der Waals surface area contributed by atoms with Gasteiger partial charge in [0.25, 0.3) is 0 Å². The Bertz CT molecular complexity index is 1170. The van der Waals surface area contributed by atoms with E-state index in [0.717, 1.165) is 57.8 Å². The summed E-state index contributed by atoms with van der Waals surface area (Å²) in [6.45, 7) is 7.68. The van der Waals surface area contributed by atoms with E-state index in [1.165, 1.54) is 212 Å². The fourth-order valence-electron chi connectivity index (χ4n) is 8.53. The van der Waals surface area contributed by atoms with Crippen molar-refractivity contribution in [2.75, 3.05) is 19.8 Å². The van der Waals surface area contributed by atoms with E-state index in [1.807, 2.05) is 0 Å². The summed E-state index contributed by atoms with van der Waals surface area (Å²) in [5.74, 6) is -0.386. The largest absolute Gasteiger partial charge is 0.463 e. The quantitative estimate of drug-likeness (QED) is 0.0345. The van der Waals surface area contributed by atoms with Gasteiger partial charge in [-0.05, 0) is 83.5 Å². The maximum absolute atomic E-state index is 12.7. The zero-order valence-electron chi connectivity index (χ0n) is 45.6. The molecule has 0 aliphatic rings. The molecule has 0 spiro atoms. The third-order valence-electron chi connectivity index (χ3n) is 13.1. The van der Waals surface area contributed by atoms with Crippen molar-refractivity contribution in [2.24, 2.45) is 0 Å². The molecule has 0 saturated carbocycles. The van der Waals surface area contributed by atoms with E-state index in [2.05, 4.69) is 81.5 Å². The Balaban J connectivity index is 4.31. The molecular formula is C63H114O5. The Morgan fingerprint density at radius 2 is 0.574 bits per heavy atom. The smallest absolute Gasteiger partial charge is 0.305 e. The highest BCUT2D eigenvalue weighted by Gasteiger charge is 2.16. The molecule has 0 saturated heterocycles. The van der Waals surface area contributed by atoms with Gasteiger partial charge in [-0.2, -0.15) is 0 Å². The highest BCUT2D eigenvalue weighted by atomic mass is 16.6. The van der Waals surface area contributed by atoms with E-state index in [0.29, 0.717) is 19.4 Å². The van der Waals surface area contributed by atoms with Crippen LogP contribution < -0.4 is 0 Å². The van der Waals surface area contributed by atoms with Crippen LogP contribution in [0.5, 0.6) is 0 Å². The molecular weight excluding hydrogens is 837 g/mol. The molecule has 396 valence electrons. The van der Waals surface area contributed by atoms with Crippen LogP contribution in [0.25, 0.3) is 0 Å². The lowest BCUT2D eigenvalue weighted by atomic mass is 10.0. The van der Waals surface area contributed by atoms with Crippen molar-refractivity contribution in [2.45, 2.75) is 309 Å². The van der Waals surface area contributed by atoms with Crippen molar-refractivity contribution < 1.29 is 23.8 Å². The predicted molar refractivity (Wildman–Crippen MR) is 298 cm³/mol. The zero-order valence-corrected chi connectivity index (χ0v) is 45.6. The molecule has 0 heterocycles. The second-order valence-corrected chi connectivity index (χ2v) is 19.9. The third kappa shape index (κ3) is 56.2. The second-order valence-electron chi connectivity index (χ2n) is 19.9. The standard InChI is InChI=1S/C63H114O5/c1-4-7-10-13-16-19-22-25-28-31-32-34-36-39-42-45-48-51-54-57-63(65)68-60-61(66-58-55-52-49-46-43-40-37-30-27-24-21-18-15-12-9-6-3)59-67-62(64)56-53-50-47-44-41-38-35-33-29-26-23-20-17-14-11-8-5-2/h16,19,25-26,28-29,35,38,44,47,61H,4-15,17-18,20-24,27,30-34,36-37,39-43,45-46,48-60H2,1-3H3/b19-16-,28-25-,29-26-,38-35-,47-44-/t61-/m0/s1. The van der Waals surface area contributed by atoms with Crippen LogP contribution in [0.1, 0.15) is 303 Å². The molecule has 68 heavy (non-hydrogen) atoms. The predicted octanol–water partition coefficient (Wildman–Crippen LogP) is 20.5. The van der Waals surface area contributed by atoms with Crippen LogP contribution in [0.2, 0.25) is 0 Å². The third-order valence-corrected chi connectivity index (χ3v) is 13.1. The first-order chi connectivity index (χ1) is 33.6. The lowest BCUT2D eigenvalue weighted by molar-refractivity contribution is -0.155. The first kappa shape index (κ1) is 65.6. The first-order valence-corrected chi connectivity index (χ1v) is 29.8. The van der Waals surface area contributed by atoms with Crippen molar-refractivity contribution in [1.29, 1.82) is 0 Å². The summed E-state index contributed by atoms with van der Waals surface area (Å²) >= 11 is 0.